The van der Waals surface area contributed by atoms with Crippen LogP contribution in [0.2, 0.25) is 5.02 Å². The van der Waals surface area contributed by atoms with Crippen LogP contribution in [-0.4, -0.2) is 17.6 Å². The van der Waals surface area contributed by atoms with Gasteiger partial charge in [-0.15, -0.1) is 0 Å². The van der Waals surface area contributed by atoms with Crippen molar-refractivity contribution in [3.8, 4) is 28.1 Å². The first-order valence-electron chi connectivity index (χ1n) is 10.9. The molecule has 0 atom stereocenters. The van der Waals surface area contributed by atoms with Crippen molar-refractivity contribution in [2.24, 2.45) is 4.99 Å². The van der Waals surface area contributed by atoms with E-state index in [9.17, 15) is 0 Å². The molecular weight excluding hydrogens is 450 g/mol. The van der Waals surface area contributed by atoms with Crippen molar-refractivity contribution in [1.82, 2.24) is 10.6 Å². The number of hydroxylamine groups is 1. The van der Waals surface area contributed by atoms with Crippen LogP contribution in [0.1, 0.15) is 18.9 Å². The third kappa shape index (κ3) is 4.28. The minimum atomic E-state index is 0.322. The molecule has 7 heteroatoms. The molecule has 5 rings (SSSR count). The Hall–Kier alpha value is -4.03. The number of halogens is 1. The van der Waals surface area contributed by atoms with Crippen molar-refractivity contribution in [2.75, 3.05) is 6.61 Å². The maximum atomic E-state index is 6.36. The standard InChI is InChI=1S/C27H22ClN3O3/c1-3-16-32-21-14-12-19(13-15-21)18-8-10-20(11-9-18)26-29-27(34-31-26)24-17(2)33-30-25(24)22-6-4-5-7-23(22)28/h4-15H,2-3,16H2,1H3,(H,29,31). The molecule has 0 radical (unpaired) electrons. The van der Waals surface area contributed by atoms with Gasteiger partial charge in [-0.05, 0) is 35.7 Å². The highest BCUT2D eigenvalue weighted by molar-refractivity contribution is 6.33. The van der Waals surface area contributed by atoms with Crippen LogP contribution in [0.25, 0.3) is 34.8 Å². The molecule has 3 aromatic carbocycles. The van der Waals surface area contributed by atoms with Gasteiger partial charge in [0.2, 0.25) is 0 Å². The molecule has 0 saturated carbocycles. The fraction of sp³-hybridized carbons (Fsp3) is 0.111. The van der Waals surface area contributed by atoms with E-state index >= 15 is 0 Å². The number of hydrogen-bond donors (Lipinski definition) is 1. The minimum Gasteiger partial charge on any atom is -0.494 e. The average molecular weight is 472 g/mol. The van der Waals surface area contributed by atoms with E-state index in [1.807, 2.05) is 54.6 Å². The quantitative estimate of drug-likeness (QED) is 0.433. The number of aliphatic imine (C=N–C) groups is 1. The highest BCUT2D eigenvalue weighted by Crippen LogP contribution is 2.25. The lowest BCUT2D eigenvalue weighted by molar-refractivity contribution is 0.229. The summed E-state index contributed by atoms with van der Waals surface area (Å²) in [6.45, 7) is 6.73. The van der Waals surface area contributed by atoms with Gasteiger partial charge in [-0.3, -0.25) is 0 Å². The Morgan fingerprint density at radius 1 is 0.941 bits per heavy atom. The molecule has 1 aliphatic heterocycles. The second-order valence-corrected chi connectivity index (χ2v) is 8.14. The first-order valence-corrected chi connectivity index (χ1v) is 11.3. The molecule has 1 aromatic heterocycles. The van der Waals surface area contributed by atoms with Crippen molar-refractivity contribution in [1.29, 1.82) is 0 Å². The van der Waals surface area contributed by atoms with Gasteiger partial charge in [0.1, 0.15) is 16.7 Å². The number of benzene rings is 3. The minimum absolute atomic E-state index is 0.322. The van der Waals surface area contributed by atoms with Gasteiger partial charge in [-0.2, -0.15) is 4.99 Å². The zero-order chi connectivity index (χ0) is 23.5. The van der Waals surface area contributed by atoms with Gasteiger partial charge in [0.05, 0.1) is 11.6 Å². The molecule has 0 aliphatic carbocycles. The first kappa shape index (κ1) is 21.8. The zero-order valence-electron chi connectivity index (χ0n) is 18.5. The molecule has 0 saturated heterocycles. The lowest BCUT2D eigenvalue weighted by atomic mass is 10.0. The predicted molar refractivity (Wildman–Crippen MR) is 134 cm³/mol. The van der Waals surface area contributed by atoms with Crippen LogP contribution in [0.3, 0.4) is 0 Å². The fourth-order valence-electron chi connectivity index (χ4n) is 3.64. The summed E-state index contributed by atoms with van der Waals surface area (Å²) in [5.41, 5.74) is 7.55. The maximum Gasteiger partial charge on any atom is 0.261 e. The molecule has 0 amide bonds. The number of nitrogens with zero attached hydrogens (tertiary/aromatic N) is 2. The van der Waals surface area contributed by atoms with Gasteiger partial charge in [-0.1, -0.05) is 84.9 Å². The molecule has 2 heterocycles. The van der Waals surface area contributed by atoms with Crippen LogP contribution in [-0.2, 0) is 4.84 Å². The van der Waals surface area contributed by atoms with E-state index < -0.39 is 0 Å². The van der Waals surface area contributed by atoms with E-state index in [0.717, 1.165) is 28.9 Å². The Kier molecular flexibility index (Phi) is 6.06. The first-order chi connectivity index (χ1) is 16.6. The lowest BCUT2D eigenvalue weighted by Crippen LogP contribution is -2.24. The van der Waals surface area contributed by atoms with E-state index in [4.69, 9.17) is 25.7 Å². The van der Waals surface area contributed by atoms with Crippen molar-refractivity contribution >= 4 is 29.9 Å². The number of nitrogens with one attached hydrogen (secondary N) is 1. The van der Waals surface area contributed by atoms with E-state index in [1.54, 1.807) is 6.07 Å². The van der Waals surface area contributed by atoms with Gasteiger partial charge >= 0.3 is 0 Å². The summed E-state index contributed by atoms with van der Waals surface area (Å²) in [7, 11) is 0. The van der Waals surface area contributed by atoms with Gasteiger partial charge in [0.15, 0.2) is 11.3 Å². The molecule has 34 heavy (non-hydrogen) atoms. The Morgan fingerprint density at radius 3 is 2.32 bits per heavy atom. The van der Waals surface area contributed by atoms with Crippen molar-refractivity contribution in [3.05, 3.63) is 94.0 Å². The van der Waals surface area contributed by atoms with Crippen LogP contribution in [0.4, 0.5) is 0 Å². The van der Waals surface area contributed by atoms with Gasteiger partial charge in [0.25, 0.3) is 5.88 Å². The van der Waals surface area contributed by atoms with Crippen LogP contribution in [0, 0.1) is 0 Å². The zero-order valence-corrected chi connectivity index (χ0v) is 19.3. The van der Waals surface area contributed by atoms with E-state index in [2.05, 4.69) is 41.3 Å². The molecular formula is C27H22ClN3O3. The van der Waals surface area contributed by atoms with E-state index in [0.29, 0.717) is 45.2 Å². The van der Waals surface area contributed by atoms with E-state index in [1.165, 1.54) is 0 Å². The molecule has 0 spiro atoms. The van der Waals surface area contributed by atoms with Crippen LogP contribution in [0.5, 0.6) is 5.75 Å². The highest BCUT2D eigenvalue weighted by Gasteiger charge is 2.20. The second kappa shape index (κ2) is 9.45. The molecule has 6 nitrogen and oxygen atoms in total. The molecule has 170 valence electrons. The maximum absolute atomic E-state index is 6.36. The number of ether oxygens (including phenoxy) is 1. The van der Waals surface area contributed by atoms with Crippen LogP contribution in [0.15, 0.2) is 82.3 Å². The predicted octanol–water partition coefficient (Wildman–Crippen LogP) is 4.91. The Balaban J connectivity index is 1.44. The summed E-state index contributed by atoms with van der Waals surface area (Å²) in [6.07, 6.45) is 0.985. The summed E-state index contributed by atoms with van der Waals surface area (Å²) in [5, 5.41) is 5.23. The molecule has 1 N–H and O–H groups in total. The third-order valence-corrected chi connectivity index (χ3v) is 5.71. The summed E-state index contributed by atoms with van der Waals surface area (Å²) in [5.74, 6) is 1.78. The summed E-state index contributed by atoms with van der Waals surface area (Å²) >= 11 is 6.36. The van der Waals surface area contributed by atoms with Crippen molar-refractivity contribution < 1.29 is 14.1 Å². The van der Waals surface area contributed by atoms with Crippen LogP contribution >= 0.6 is 11.6 Å². The van der Waals surface area contributed by atoms with Gasteiger partial charge in [-0.25, -0.2) is 5.48 Å². The molecule has 4 aromatic rings. The number of aromatic nitrogens is 1. The highest BCUT2D eigenvalue weighted by atomic mass is 35.5. The SMILES string of the molecule is C=c1onc(-c2ccccc2Cl)c1=C1N=C(c2ccc(-c3ccc(OCCC)cc3)cc2)NO1. The smallest absolute Gasteiger partial charge is 0.261 e. The summed E-state index contributed by atoms with van der Waals surface area (Å²) < 4.78 is 11.0. The van der Waals surface area contributed by atoms with Crippen molar-refractivity contribution in [2.45, 2.75) is 13.3 Å². The van der Waals surface area contributed by atoms with Crippen molar-refractivity contribution in [3.63, 3.8) is 0 Å². The number of rotatable bonds is 6. The topological polar surface area (TPSA) is 68.9 Å². The third-order valence-electron chi connectivity index (χ3n) is 5.38. The average Bonchev–Trinajstić information content (AvgIpc) is 3.50. The Bertz CT molecular complexity index is 1460. The Morgan fingerprint density at radius 2 is 1.62 bits per heavy atom. The van der Waals surface area contributed by atoms with Gasteiger partial charge in [0, 0.05) is 11.1 Å². The number of hydrogen-bond acceptors (Lipinski definition) is 6. The van der Waals surface area contributed by atoms with Crippen LogP contribution < -0.4 is 20.9 Å². The monoisotopic (exact) mass is 471 g/mol. The largest absolute Gasteiger partial charge is 0.494 e. The molecule has 0 bridgehead atoms. The fourth-order valence-corrected chi connectivity index (χ4v) is 3.87. The molecule has 1 aliphatic rings. The number of amidine groups is 1. The Labute approximate surface area is 201 Å². The van der Waals surface area contributed by atoms with Gasteiger partial charge < -0.3 is 14.1 Å². The summed E-state index contributed by atoms with van der Waals surface area (Å²) in [4.78, 5) is 10.3. The summed E-state index contributed by atoms with van der Waals surface area (Å²) in [6, 6.07) is 23.5. The second-order valence-electron chi connectivity index (χ2n) is 7.73. The molecule has 0 unspecified atom stereocenters. The van der Waals surface area contributed by atoms with E-state index in [-0.39, 0.29) is 0 Å². The lowest BCUT2D eigenvalue weighted by Gasteiger charge is -2.07. The molecule has 0 fully saturated rings. The normalized spacial score (nSPS) is 14.4.